The normalized spacial score (nSPS) is 19.8. The topological polar surface area (TPSA) is 85.9 Å². The fraction of sp³-hybridized carbons (Fsp3) is 0.391. The molecule has 7 heteroatoms. The van der Waals surface area contributed by atoms with Crippen molar-refractivity contribution < 1.29 is 23.8 Å². The summed E-state index contributed by atoms with van der Waals surface area (Å²) in [5.41, 5.74) is 1.56. The highest BCUT2D eigenvalue weighted by molar-refractivity contribution is 5.97. The lowest BCUT2D eigenvalue weighted by Gasteiger charge is -2.32. The number of rotatable bonds is 6. The number of ether oxygens (including phenoxy) is 3. The number of hydrogen-bond acceptors (Lipinski definition) is 5. The first-order valence-electron chi connectivity index (χ1n) is 10.3. The van der Waals surface area contributed by atoms with Crippen LogP contribution < -0.4 is 24.8 Å². The molecule has 30 heavy (non-hydrogen) atoms. The quantitative estimate of drug-likeness (QED) is 0.765. The van der Waals surface area contributed by atoms with E-state index in [-0.39, 0.29) is 37.3 Å². The molecular weight excluding hydrogens is 384 g/mol. The maximum atomic E-state index is 12.5. The summed E-state index contributed by atoms with van der Waals surface area (Å²) in [7, 11) is 0. The van der Waals surface area contributed by atoms with E-state index in [4.69, 9.17) is 14.2 Å². The Morgan fingerprint density at radius 1 is 1.07 bits per heavy atom. The summed E-state index contributed by atoms with van der Waals surface area (Å²) < 4.78 is 16.7. The lowest BCUT2D eigenvalue weighted by molar-refractivity contribution is -0.121. The molecule has 1 saturated carbocycles. The molecule has 0 spiro atoms. The van der Waals surface area contributed by atoms with Crippen LogP contribution in [0.15, 0.2) is 42.5 Å². The van der Waals surface area contributed by atoms with Crippen LogP contribution in [0, 0.1) is 6.92 Å². The molecule has 2 amide bonds. The predicted octanol–water partition coefficient (Wildman–Crippen LogP) is 2.96. The standard InChI is InChI=1S/C23H26N2O5/c1-15-5-4-6-17(11-15)30-19-8-3-2-7-18(19)25-22(26)13-24-23(27)16-9-10-20-21(12-16)29-14-28-20/h4-6,9-12,18-19H,2-3,7-8,13-14H2,1H3,(H,24,27)(H,25,26). The van der Waals surface area contributed by atoms with Gasteiger partial charge in [-0.05, 0) is 62.1 Å². The van der Waals surface area contributed by atoms with Crippen LogP contribution in [0.5, 0.6) is 17.2 Å². The van der Waals surface area contributed by atoms with Crippen LogP contribution in [0.4, 0.5) is 0 Å². The zero-order chi connectivity index (χ0) is 20.9. The highest BCUT2D eigenvalue weighted by atomic mass is 16.7. The zero-order valence-corrected chi connectivity index (χ0v) is 17.0. The number of carbonyl (C=O) groups excluding carboxylic acids is 2. The molecule has 2 aromatic rings. The summed E-state index contributed by atoms with van der Waals surface area (Å²) >= 11 is 0. The molecule has 0 aromatic heterocycles. The van der Waals surface area contributed by atoms with Gasteiger partial charge < -0.3 is 24.8 Å². The van der Waals surface area contributed by atoms with Gasteiger partial charge >= 0.3 is 0 Å². The SMILES string of the molecule is Cc1cccc(OC2CCCCC2NC(=O)CNC(=O)c2ccc3c(c2)OCO3)c1. The van der Waals surface area contributed by atoms with E-state index in [1.165, 1.54) is 0 Å². The van der Waals surface area contributed by atoms with Crippen molar-refractivity contribution in [1.29, 1.82) is 0 Å². The van der Waals surface area contributed by atoms with Gasteiger partial charge in [0.25, 0.3) is 5.91 Å². The van der Waals surface area contributed by atoms with E-state index in [0.717, 1.165) is 37.0 Å². The lowest BCUT2D eigenvalue weighted by Crippen LogP contribution is -2.50. The molecule has 1 aliphatic heterocycles. The molecule has 1 heterocycles. The van der Waals surface area contributed by atoms with E-state index in [1.54, 1.807) is 18.2 Å². The minimum absolute atomic E-state index is 0.0748. The minimum atomic E-state index is -0.334. The summed E-state index contributed by atoms with van der Waals surface area (Å²) in [5, 5.41) is 5.69. The number of fused-ring (bicyclic) bond motifs is 1. The van der Waals surface area contributed by atoms with Gasteiger partial charge in [-0.1, -0.05) is 18.6 Å². The summed E-state index contributed by atoms with van der Waals surface area (Å²) in [6.45, 7) is 2.08. The van der Waals surface area contributed by atoms with Crippen molar-refractivity contribution in [3.8, 4) is 17.2 Å². The molecule has 7 nitrogen and oxygen atoms in total. The van der Waals surface area contributed by atoms with Crippen molar-refractivity contribution in [2.75, 3.05) is 13.3 Å². The molecule has 2 atom stereocenters. The number of nitrogens with one attached hydrogen (secondary N) is 2. The number of aryl methyl sites for hydroxylation is 1. The van der Waals surface area contributed by atoms with Gasteiger partial charge in [0.2, 0.25) is 12.7 Å². The van der Waals surface area contributed by atoms with Crippen molar-refractivity contribution in [2.45, 2.75) is 44.8 Å². The molecule has 2 N–H and O–H groups in total. The molecule has 1 fully saturated rings. The van der Waals surface area contributed by atoms with E-state index in [9.17, 15) is 9.59 Å². The van der Waals surface area contributed by atoms with Crippen LogP contribution >= 0.6 is 0 Å². The Morgan fingerprint density at radius 3 is 2.77 bits per heavy atom. The Morgan fingerprint density at radius 2 is 1.90 bits per heavy atom. The third kappa shape index (κ3) is 4.84. The Balaban J connectivity index is 1.30. The molecular formula is C23H26N2O5. The van der Waals surface area contributed by atoms with Gasteiger partial charge in [0.05, 0.1) is 12.6 Å². The maximum Gasteiger partial charge on any atom is 0.251 e. The van der Waals surface area contributed by atoms with Crippen molar-refractivity contribution in [3.63, 3.8) is 0 Å². The van der Waals surface area contributed by atoms with Crippen LogP contribution in [-0.4, -0.2) is 37.3 Å². The van der Waals surface area contributed by atoms with Crippen LogP contribution in [0.2, 0.25) is 0 Å². The average molecular weight is 410 g/mol. The van der Waals surface area contributed by atoms with E-state index < -0.39 is 0 Å². The summed E-state index contributed by atoms with van der Waals surface area (Å²) in [6.07, 6.45) is 3.79. The molecule has 2 aliphatic rings. The third-order valence-corrected chi connectivity index (χ3v) is 5.37. The molecule has 158 valence electrons. The highest BCUT2D eigenvalue weighted by Crippen LogP contribution is 2.32. The van der Waals surface area contributed by atoms with E-state index in [2.05, 4.69) is 10.6 Å². The van der Waals surface area contributed by atoms with Gasteiger partial charge in [-0.2, -0.15) is 0 Å². The van der Waals surface area contributed by atoms with Gasteiger partial charge in [0.15, 0.2) is 11.5 Å². The summed E-state index contributed by atoms with van der Waals surface area (Å²) in [6, 6.07) is 12.8. The molecule has 0 saturated heterocycles. The third-order valence-electron chi connectivity index (χ3n) is 5.37. The number of benzene rings is 2. The second-order valence-corrected chi connectivity index (χ2v) is 7.68. The highest BCUT2D eigenvalue weighted by Gasteiger charge is 2.28. The fourth-order valence-corrected chi connectivity index (χ4v) is 3.82. The average Bonchev–Trinajstić information content (AvgIpc) is 3.21. The second kappa shape index (κ2) is 9.07. The van der Waals surface area contributed by atoms with Gasteiger partial charge in [-0.3, -0.25) is 9.59 Å². The second-order valence-electron chi connectivity index (χ2n) is 7.68. The fourth-order valence-electron chi connectivity index (χ4n) is 3.82. The van der Waals surface area contributed by atoms with E-state index >= 15 is 0 Å². The largest absolute Gasteiger partial charge is 0.488 e. The monoisotopic (exact) mass is 410 g/mol. The number of carbonyl (C=O) groups is 2. The lowest BCUT2D eigenvalue weighted by atomic mass is 9.92. The van der Waals surface area contributed by atoms with Crippen LogP contribution in [0.3, 0.4) is 0 Å². The van der Waals surface area contributed by atoms with Crippen molar-refractivity contribution in [3.05, 3.63) is 53.6 Å². The van der Waals surface area contributed by atoms with Crippen LogP contribution in [-0.2, 0) is 4.79 Å². The Labute approximate surface area is 175 Å². The molecule has 2 aromatic carbocycles. The van der Waals surface area contributed by atoms with Crippen molar-refractivity contribution in [1.82, 2.24) is 10.6 Å². The van der Waals surface area contributed by atoms with E-state index in [0.29, 0.717) is 17.1 Å². The molecule has 2 unspecified atom stereocenters. The van der Waals surface area contributed by atoms with Gasteiger partial charge in [-0.25, -0.2) is 0 Å². The molecule has 0 radical (unpaired) electrons. The first-order chi connectivity index (χ1) is 14.6. The maximum absolute atomic E-state index is 12.5. The van der Waals surface area contributed by atoms with Crippen LogP contribution in [0.25, 0.3) is 0 Å². The van der Waals surface area contributed by atoms with Gasteiger partial charge in [0, 0.05) is 5.56 Å². The van der Waals surface area contributed by atoms with Crippen LogP contribution in [0.1, 0.15) is 41.6 Å². The Kier molecular flexibility index (Phi) is 6.07. The first kappa shape index (κ1) is 20.1. The van der Waals surface area contributed by atoms with Crippen molar-refractivity contribution >= 4 is 11.8 Å². The number of hydrogen-bond donors (Lipinski definition) is 2. The first-order valence-corrected chi connectivity index (χ1v) is 10.3. The van der Waals surface area contributed by atoms with Gasteiger partial charge in [0.1, 0.15) is 11.9 Å². The molecule has 1 aliphatic carbocycles. The molecule has 4 rings (SSSR count). The Bertz CT molecular complexity index is 930. The summed E-state index contributed by atoms with van der Waals surface area (Å²) in [5.74, 6) is 1.40. The molecule has 0 bridgehead atoms. The van der Waals surface area contributed by atoms with Crippen molar-refractivity contribution in [2.24, 2.45) is 0 Å². The van der Waals surface area contributed by atoms with E-state index in [1.807, 2.05) is 31.2 Å². The summed E-state index contributed by atoms with van der Waals surface area (Å²) in [4.78, 5) is 24.8. The zero-order valence-electron chi connectivity index (χ0n) is 17.0. The predicted molar refractivity (Wildman–Crippen MR) is 111 cm³/mol. The smallest absolute Gasteiger partial charge is 0.251 e. The Hall–Kier alpha value is -3.22. The van der Waals surface area contributed by atoms with Gasteiger partial charge in [-0.15, -0.1) is 0 Å². The minimum Gasteiger partial charge on any atom is -0.488 e. The number of amides is 2.